The van der Waals surface area contributed by atoms with E-state index in [0.29, 0.717) is 5.56 Å². The van der Waals surface area contributed by atoms with Crippen molar-refractivity contribution in [3.63, 3.8) is 0 Å². The van der Waals surface area contributed by atoms with Crippen LogP contribution in [0.3, 0.4) is 0 Å². The standard InChI is InChI=1S/C9H9O3.Cr.Na.H/c10-6-8(9(11)12)7-4-2-1-3-5-7;;;/h1-4,8,10H,6H2,(H,11,12);;;/q-1;;+1;-1. The van der Waals surface area contributed by atoms with E-state index in [-0.39, 0.29) is 48.3 Å². The first-order valence-electron chi connectivity index (χ1n) is 3.56. The first kappa shape index (κ1) is 16.6. The van der Waals surface area contributed by atoms with Gasteiger partial charge in [0, 0.05) is 17.4 Å². The Labute approximate surface area is 117 Å². The summed E-state index contributed by atoms with van der Waals surface area (Å²) in [6, 6.07) is 9.49. The summed E-state index contributed by atoms with van der Waals surface area (Å²) in [7, 11) is 0. The summed E-state index contributed by atoms with van der Waals surface area (Å²) in [6.45, 7) is -0.393. The average molecular weight is 241 g/mol. The summed E-state index contributed by atoms with van der Waals surface area (Å²) in [6.07, 6.45) is 0. The number of hydrogen-bond acceptors (Lipinski definition) is 2. The molecule has 1 atom stereocenters. The van der Waals surface area contributed by atoms with Crippen LogP contribution in [0.15, 0.2) is 24.3 Å². The summed E-state index contributed by atoms with van der Waals surface area (Å²) >= 11 is 0. The minimum absolute atomic E-state index is 0. The van der Waals surface area contributed by atoms with Gasteiger partial charge in [0.2, 0.25) is 0 Å². The van der Waals surface area contributed by atoms with Crippen molar-refractivity contribution in [2.75, 3.05) is 6.61 Å². The third-order valence-corrected chi connectivity index (χ3v) is 1.59. The summed E-state index contributed by atoms with van der Waals surface area (Å²) in [4.78, 5) is 10.6. The number of carboxylic acids is 1. The Balaban J connectivity index is -0.000000480. The molecule has 0 aliphatic carbocycles. The second-order valence-electron chi connectivity index (χ2n) is 2.39. The fourth-order valence-corrected chi connectivity index (χ4v) is 0.933. The Morgan fingerprint density at radius 3 is 2.57 bits per heavy atom. The number of carbonyl (C=O) groups is 1. The summed E-state index contributed by atoms with van der Waals surface area (Å²) in [5.74, 6) is -1.88. The number of hydrogen-bond donors (Lipinski definition) is 2. The van der Waals surface area contributed by atoms with Gasteiger partial charge in [0.05, 0.1) is 12.5 Å². The zero-order valence-corrected chi connectivity index (χ0v) is 11.1. The topological polar surface area (TPSA) is 57.5 Å². The van der Waals surface area contributed by atoms with Crippen LogP contribution in [-0.4, -0.2) is 22.8 Å². The van der Waals surface area contributed by atoms with Crippen LogP contribution in [0.4, 0.5) is 0 Å². The summed E-state index contributed by atoms with van der Waals surface area (Å²) in [5.41, 5.74) is 0.507. The van der Waals surface area contributed by atoms with Gasteiger partial charge in [-0.1, -0.05) is 0 Å². The maximum absolute atomic E-state index is 10.6. The van der Waals surface area contributed by atoms with Crippen molar-refractivity contribution in [3.8, 4) is 0 Å². The molecule has 1 aromatic rings. The molecule has 0 spiro atoms. The van der Waals surface area contributed by atoms with Crippen molar-refractivity contribution in [1.82, 2.24) is 0 Å². The molecule has 0 amide bonds. The number of rotatable bonds is 3. The SMILES string of the molecule is O=C(O)C(CO)c1[c-]cccc1.[Cr].[H-].[Na+]. The van der Waals surface area contributed by atoms with Crippen LogP contribution in [0.2, 0.25) is 0 Å². The van der Waals surface area contributed by atoms with Crippen LogP contribution in [-0.2, 0) is 22.2 Å². The van der Waals surface area contributed by atoms with Crippen molar-refractivity contribution in [1.29, 1.82) is 0 Å². The van der Waals surface area contributed by atoms with Crippen molar-refractivity contribution in [3.05, 3.63) is 35.9 Å². The molecule has 1 rings (SSSR count). The van der Waals surface area contributed by atoms with E-state index in [9.17, 15) is 4.79 Å². The quantitative estimate of drug-likeness (QED) is 0.465. The van der Waals surface area contributed by atoms with E-state index in [1.165, 1.54) is 0 Å². The normalized spacial score (nSPS) is 10.6. The van der Waals surface area contributed by atoms with Gasteiger partial charge in [-0.25, -0.2) is 0 Å². The third-order valence-electron chi connectivity index (χ3n) is 1.59. The third kappa shape index (κ3) is 4.61. The van der Waals surface area contributed by atoms with E-state index in [2.05, 4.69) is 6.07 Å². The molecule has 3 nitrogen and oxygen atoms in total. The maximum Gasteiger partial charge on any atom is 1.00 e. The Hall–Kier alpha value is 0.182. The number of carboxylic acid groups (broad SMARTS) is 1. The van der Waals surface area contributed by atoms with Crippen molar-refractivity contribution < 1.29 is 63.4 Å². The van der Waals surface area contributed by atoms with Crippen LogP contribution in [0, 0.1) is 6.07 Å². The molecule has 0 aliphatic rings. The molecule has 2 N–H and O–H groups in total. The molecule has 0 fully saturated rings. The van der Waals surface area contributed by atoms with Crippen LogP contribution in [0.5, 0.6) is 0 Å². The van der Waals surface area contributed by atoms with Crippen LogP contribution in [0.25, 0.3) is 0 Å². The molecule has 1 unspecified atom stereocenters. The van der Waals surface area contributed by atoms with Crippen LogP contribution >= 0.6 is 0 Å². The van der Waals surface area contributed by atoms with Gasteiger partial charge in [-0.05, 0) is 0 Å². The molecule has 0 saturated heterocycles. The Morgan fingerprint density at radius 2 is 2.21 bits per heavy atom. The number of aliphatic hydroxyl groups excluding tert-OH is 1. The molecule has 0 aromatic heterocycles. The number of benzene rings is 1. The van der Waals surface area contributed by atoms with Crippen molar-refractivity contribution >= 4 is 5.97 Å². The number of aliphatic hydroxyl groups is 1. The fourth-order valence-electron chi connectivity index (χ4n) is 0.933. The van der Waals surface area contributed by atoms with E-state index in [0.717, 1.165) is 0 Å². The Morgan fingerprint density at radius 1 is 1.57 bits per heavy atom. The monoisotopic (exact) mass is 241 g/mol. The van der Waals surface area contributed by atoms with Gasteiger partial charge in [-0.2, -0.15) is 30.3 Å². The van der Waals surface area contributed by atoms with E-state index in [4.69, 9.17) is 10.2 Å². The summed E-state index contributed by atoms with van der Waals surface area (Å²) in [5, 5.41) is 17.4. The zero-order valence-electron chi connectivity index (χ0n) is 8.80. The largest absolute Gasteiger partial charge is 1.00 e. The molecule has 72 valence electrons. The first-order valence-corrected chi connectivity index (χ1v) is 3.56. The smallest absolute Gasteiger partial charge is 1.00 e. The first-order chi connectivity index (χ1) is 5.75. The van der Waals surface area contributed by atoms with E-state index < -0.39 is 18.5 Å². The molecule has 0 aliphatic heterocycles. The minimum atomic E-state index is -1.03. The predicted molar refractivity (Wildman–Crippen MR) is 43.9 cm³/mol. The molecule has 1 aromatic carbocycles. The van der Waals surface area contributed by atoms with Gasteiger partial charge in [-0.3, -0.25) is 4.79 Å². The van der Waals surface area contributed by atoms with Gasteiger partial charge in [0.1, 0.15) is 0 Å². The predicted octanol–water partition coefficient (Wildman–Crippen LogP) is -2.24. The second-order valence-corrected chi connectivity index (χ2v) is 2.39. The van der Waals surface area contributed by atoms with E-state index >= 15 is 0 Å². The maximum atomic E-state index is 10.6. The van der Waals surface area contributed by atoms with Crippen molar-refractivity contribution in [2.45, 2.75) is 5.92 Å². The fraction of sp³-hybridized carbons (Fsp3) is 0.222. The minimum Gasteiger partial charge on any atom is -1.00 e. The van der Waals surface area contributed by atoms with Crippen molar-refractivity contribution in [2.24, 2.45) is 0 Å². The molecule has 0 bridgehead atoms. The van der Waals surface area contributed by atoms with Gasteiger partial charge in [0.15, 0.2) is 0 Å². The Bertz CT molecular complexity index is 271. The van der Waals surface area contributed by atoms with Gasteiger partial charge >= 0.3 is 35.5 Å². The molecular formula is C9H10CrNaO3-. The van der Waals surface area contributed by atoms with Crippen LogP contribution < -0.4 is 29.6 Å². The van der Waals surface area contributed by atoms with Gasteiger partial charge < -0.3 is 11.6 Å². The second kappa shape index (κ2) is 8.49. The van der Waals surface area contributed by atoms with Gasteiger partial charge in [0.25, 0.3) is 0 Å². The molecule has 14 heavy (non-hydrogen) atoms. The average Bonchev–Trinajstić information content (AvgIpc) is 2.07. The number of aliphatic carboxylic acids is 1. The van der Waals surface area contributed by atoms with E-state index in [1.54, 1.807) is 24.3 Å². The molecule has 5 heteroatoms. The molecule has 0 saturated carbocycles. The Kier molecular flexibility index (Phi) is 10.1. The van der Waals surface area contributed by atoms with E-state index in [1.807, 2.05) is 0 Å². The summed E-state index contributed by atoms with van der Waals surface area (Å²) < 4.78 is 0. The van der Waals surface area contributed by atoms with Crippen LogP contribution in [0.1, 0.15) is 12.9 Å². The zero-order chi connectivity index (χ0) is 8.97. The molecular weight excluding hydrogens is 231 g/mol. The van der Waals surface area contributed by atoms with Gasteiger partial charge in [-0.15, -0.1) is 5.56 Å². The molecule has 0 radical (unpaired) electrons. The molecule has 0 heterocycles.